The van der Waals surface area contributed by atoms with Crippen LogP contribution in [0.1, 0.15) is 24.6 Å². The number of H-pyrrole nitrogens is 1. The normalized spacial score (nSPS) is 14.9. The lowest BCUT2D eigenvalue weighted by atomic mass is 10.4. The Morgan fingerprint density at radius 3 is 3.05 bits per heavy atom. The molecule has 0 bridgehead atoms. The molecule has 3 heterocycles. The summed E-state index contributed by atoms with van der Waals surface area (Å²) in [7, 11) is 0. The molecule has 1 aliphatic carbocycles. The van der Waals surface area contributed by atoms with Crippen molar-refractivity contribution >= 4 is 17.4 Å². The number of rotatable bonds is 4. The van der Waals surface area contributed by atoms with E-state index in [2.05, 4.69) is 15.2 Å². The van der Waals surface area contributed by atoms with E-state index in [4.69, 9.17) is 5.73 Å². The zero-order valence-corrected chi connectivity index (χ0v) is 12.0. The third-order valence-electron chi connectivity index (χ3n) is 3.56. The molecule has 1 fully saturated rings. The number of imidazole rings is 1. The Bertz CT molecular complexity index is 859. The Balaban J connectivity index is 1.79. The molecule has 3 N–H and O–H groups in total. The average Bonchev–Trinajstić information content (AvgIpc) is 3.17. The minimum Gasteiger partial charge on any atom is -0.325 e. The van der Waals surface area contributed by atoms with Crippen LogP contribution in [0.5, 0.6) is 0 Å². The maximum Gasteiger partial charge on any atom is 0.344 e. The van der Waals surface area contributed by atoms with Crippen molar-refractivity contribution in [1.29, 1.82) is 0 Å². The first-order valence-corrected chi connectivity index (χ1v) is 7.60. The van der Waals surface area contributed by atoms with Gasteiger partial charge in [-0.1, -0.05) is 6.07 Å². The summed E-state index contributed by atoms with van der Waals surface area (Å²) in [5.74, 6) is 0. The van der Waals surface area contributed by atoms with E-state index in [-0.39, 0.29) is 11.7 Å². The first kappa shape index (κ1) is 12.7. The molecule has 0 saturated heterocycles. The smallest absolute Gasteiger partial charge is 0.325 e. The Morgan fingerprint density at radius 1 is 1.43 bits per heavy atom. The monoisotopic (exact) mass is 302 g/mol. The van der Waals surface area contributed by atoms with Crippen molar-refractivity contribution in [2.75, 3.05) is 0 Å². The summed E-state index contributed by atoms with van der Waals surface area (Å²) < 4.78 is 3.68. The van der Waals surface area contributed by atoms with Crippen LogP contribution in [0, 0.1) is 0 Å². The fraction of sp³-hybridized carbons (Fsp3) is 0.308. The zero-order chi connectivity index (χ0) is 14.4. The van der Waals surface area contributed by atoms with Gasteiger partial charge in [-0.3, -0.25) is 4.57 Å². The average molecular weight is 302 g/mol. The van der Waals surface area contributed by atoms with Crippen LogP contribution in [-0.4, -0.2) is 24.1 Å². The Hall–Kier alpha value is -2.06. The van der Waals surface area contributed by atoms with Gasteiger partial charge < -0.3 is 10.1 Å². The number of aromatic amines is 1. The van der Waals surface area contributed by atoms with Crippen LogP contribution in [0.25, 0.3) is 5.65 Å². The molecule has 0 spiro atoms. The molecule has 4 rings (SSSR count). The van der Waals surface area contributed by atoms with E-state index in [9.17, 15) is 4.79 Å². The largest absolute Gasteiger partial charge is 0.344 e. The summed E-state index contributed by atoms with van der Waals surface area (Å²) in [6.07, 6.45) is 4.00. The Labute approximate surface area is 124 Å². The minimum atomic E-state index is -0.155. The molecular weight excluding hydrogens is 288 g/mol. The fourth-order valence-corrected chi connectivity index (χ4v) is 3.43. The molecule has 0 radical (unpaired) electrons. The molecule has 8 heteroatoms. The Kier molecular flexibility index (Phi) is 2.86. The van der Waals surface area contributed by atoms with Crippen LogP contribution in [0.15, 0.2) is 39.4 Å². The maximum absolute atomic E-state index is 11.8. The van der Waals surface area contributed by atoms with E-state index >= 15 is 0 Å². The van der Waals surface area contributed by atoms with Gasteiger partial charge in [-0.15, -0.1) is 5.10 Å². The van der Waals surface area contributed by atoms with Crippen molar-refractivity contribution in [2.45, 2.75) is 35.6 Å². The van der Waals surface area contributed by atoms with Crippen LogP contribution < -0.4 is 11.4 Å². The summed E-state index contributed by atoms with van der Waals surface area (Å²) in [5.41, 5.74) is 7.47. The molecule has 108 valence electrons. The topological polar surface area (TPSA) is 94.0 Å². The van der Waals surface area contributed by atoms with Crippen LogP contribution in [-0.2, 0) is 6.54 Å². The fourth-order valence-electron chi connectivity index (χ4n) is 2.40. The van der Waals surface area contributed by atoms with Gasteiger partial charge in [0.05, 0.1) is 5.69 Å². The van der Waals surface area contributed by atoms with Crippen molar-refractivity contribution in [3.8, 4) is 0 Å². The molecule has 1 saturated carbocycles. The van der Waals surface area contributed by atoms with Gasteiger partial charge in [-0.25, -0.2) is 14.9 Å². The molecular formula is C13H14N6OS. The Morgan fingerprint density at radius 2 is 2.29 bits per heavy atom. The van der Waals surface area contributed by atoms with E-state index in [1.807, 2.05) is 28.8 Å². The van der Waals surface area contributed by atoms with Crippen LogP contribution in [0.3, 0.4) is 0 Å². The summed E-state index contributed by atoms with van der Waals surface area (Å²) in [5, 5.41) is 8.09. The van der Waals surface area contributed by atoms with Gasteiger partial charge in [0, 0.05) is 18.8 Å². The number of nitrogens with one attached hydrogen (secondary N) is 1. The second-order valence-electron chi connectivity index (χ2n) is 5.01. The molecule has 3 aromatic heterocycles. The summed E-state index contributed by atoms with van der Waals surface area (Å²) in [4.78, 5) is 16.4. The van der Waals surface area contributed by atoms with Crippen molar-refractivity contribution in [3.63, 3.8) is 0 Å². The van der Waals surface area contributed by atoms with E-state index in [1.54, 1.807) is 4.57 Å². The molecule has 0 atom stereocenters. The minimum absolute atomic E-state index is 0.155. The van der Waals surface area contributed by atoms with Crippen molar-refractivity contribution in [2.24, 2.45) is 5.73 Å². The van der Waals surface area contributed by atoms with Crippen LogP contribution in [0.2, 0.25) is 0 Å². The maximum atomic E-state index is 11.8. The van der Waals surface area contributed by atoms with Crippen molar-refractivity contribution in [1.82, 2.24) is 24.1 Å². The lowest BCUT2D eigenvalue weighted by Gasteiger charge is -2.03. The highest BCUT2D eigenvalue weighted by atomic mass is 32.2. The number of nitrogens with two attached hydrogens (primary N) is 1. The first-order valence-electron chi connectivity index (χ1n) is 6.78. The van der Waals surface area contributed by atoms with Gasteiger partial charge in [0.2, 0.25) is 0 Å². The van der Waals surface area contributed by atoms with Gasteiger partial charge in [-0.2, -0.15) is 0 Å². The van der Waals surface area contributed by atoms with E-state index in [0.717, 1.165) is 29.2 Å². The number of hydrogen-bond acceptors (Lipinski definition) is 5. The van der Waals surface area contributed by atoms with Gasteiger partial charge in [0.15, 0.2) is 5.16 Å². The first-order chi connectivity index (χ1) is 10.3. The van der Waals surface area contributed by atoms with Crippen molar-refractivity contribution in [3.05, 3.63) is 40.6 Å². The van der Waals surface area contributed by atoms with Gasteiger partial charge in [0.25, 0.3) is 0 Å². The second kappa shape index (κ2) is 4.74. The summed E-state index contributed by atoms with van der Waals surface area (Å²) >= 11 is 1.39. The summed E-state index contributed by atoms with van der Waals surface area (Å²) in [6.45, 7) is 0.381. The number of fused-ring (bicyclic) bond motifs is 1. The standard InChI is InChI=1S/C13H14N6OS/c14-7-9-11(15-10-3-1-2-6-18(9)10)21-13-17-16-12(20)19(13)8-4-5-8/h1-3,6,8H,4-5,7,14H2,(H,16,20). The number of aromatic nitrogens is 5. The molecule has 7 nitrogen and oxygen atoms in total. The van der Waals surface area contributed by atoms with Gasteiger partial charge in [0.1, 0.15) is 10.7 Å². The number of pyridine rings is 1. The highest BCUT2D eigenvalue weighted by molar-refractivity contribution is 7.99. The number of nitrogens with zero attached hydrogens (tertiary/aromatic N) is 4. The second-order valence-corrected chi connectivity index (χ2v) is 5.97. The third-order valence-corrected chi connectivity index (χ3v) is 4.55. The van der Waals surface area contributed by atoms with Gasteiger partial charge >= 0.3 is 5.69 Å². The lowest BCUT2D eigenvalue weighted by Crippen LogP contribution is -2.16. The summed E-state index contributed by atoms with van der Waals surface area (Å²) in [6, 6.07) is 6.09. The molecule has 1 aliphatic rings. The SMILES string of the molecule is NCc1c(Sc2n[nH]c(=O)n2C2CC2)nc2ccccn12. The molecule has 3 aromatic rings. The predicted molar refractivity (Wildman–Crippen MR) is 78.3 cm³/mol. The third kappa shape index (κ3) is 2.07. The number of hydrogen-bond donors (Lipinski definition) is 2. The van der Waals surface area contributed by atoms with Crippen LogP contribution in [0.4, 0.5) is 0 Å². The highest BCUT2D eigenvalue weighted by Crippen LogP contribution is 2.38. The van der Waals surface area contributed by atoms with E-state index in [0.29, 0.717) is 11.7 Å². The van der Waals surface area contributed by atoms with Crippen molar-refractivity contribution < 1.29 is 0 Å². The molecule has 21 heavy (non-hydrogen) atoms. The van der Waals surface area contributed by atoms with E-state index in [1.165, 1.54) is 11.8 Å². The highest BCUT2D eigenvalue weighted by Gasteiger charge is 2.29. The molecule has 0 aromatic carbocycles. The lowest BCUT2D eigenvalue weighted by molar-refractivity contribution is 0.642. The van der Waals surface area contributed by atoms with Gasteiger partial charge in [-0.05, 0) is 36.7 Å². The molecule has 0 unspecified atom stereocenters. The molecule has 0 amide bonds. The van der Waals surface area contributed by atoms with E-state index < -0.39 is 0 Å². The molecule has 0 aliphatic heterocycles. The quantitative estimate of drug-likeness (QED) is 0.754. The van der Waals surface area contributed by atoms with Crippen LogP contribution >= 0.6 is 11.8 Å². The zero-order valence-electron chi connectivity index (χ0n) is 11.2. The predicted octanol–water partition coefficient (Wildman–Crippen LogP) is 1.16.